The van der Waals surface area contributed by atoms with E-state index >= 15 is 0 Å². The molecular formula is C19H19NO3. The fraction of sp³-hybridized carbons (Fsp3) is 0.263. The summed E-state index contributed by atoms with van der Waals surface area (Å²) < 4.78 is 0. The first-order chi connectivity index (χ1) is 11.1. The molecule has 0 radical (unpaired) electrons. The molecule has 118 valence electrons. The van der Waals surface area contributed by atoms with Crippen LogP contribution < -0.4 is 4.90 Å². The first kappa shape index (κ1) is 15.3. The number of hydrogen-bond donors (Lipinski definition) is 1. The Hall–Kier alpha value is -2.62. The maximum absolute atomic E-state index is 12.6. The number of hydrogen-bond acceptors (Lipinski definition) is 3. The molecule has 4 heteroatoms. The number of nitrogens with zero attached hydrogens (tertiary/aromatic N) is 1. The average Bonchev–Trinajstić information content (AvgIpc) is 2.55. The normalized spacial score (nSPS) is 13.5. The monoisotopic (exact) mass is 309 g/mol. The SMILES string of the molecule is Cc1ccc(C(=O)CN2CCCc3ccccc32)cc1C(=O)O. The third-order valence-electron chi connectivity index (χ3n) is 4.33. The maximum atomic E-state index is 12.6. The van der Waals surface area contributed by atoms with Gasteiger partial charge in [0, 0.05) is 17.8 Å². The Balaban J connectivity index is 1.83. The van der Waals surface area contributed by atoms with E-state index in [4.69, 9.17) is 0 Å². The van der Waals surface area contributed by atoms with Crippen LogP contribution in [0.5, 0.6) is 0 Å². The summed E-state index contributed by atoms with van der Waals surface area (Å²) in [5, 5.41) is 9.20. The Morgan fingerprint density at radius 2 is 1.96 bits per heavy atom. The zero-order chi connectivity index (χ0) is 16.4. The summed E-state index contributed by atoms with van der Waals surface area (Å²) in [6.45, 7) is 2.86. The van der Waals surface area contributed by atoms with E-state index in [0.29, 0.717) is 11.1 Å². The Labute approximate surface area is 135 Å². The lowest BCUT2D eigenvalue weighted by Gasteiger charge is -2.30. The highest BCUT2D eigenvalue weighted by Gasteiger charge is 2.20. The number of carbonyl (C=O) groups is 2. The fourth-order valence-electron chi connectivity index (χ4n) is 3.07. The van der Waals surface area contributed by atoms with Gasteiger partial charge in [-0.1, -0.05) is 30.3 Å². The standard InChI is InChI=1S/C19H19NO3/c1-13-8-9-15(11-16(13)19(22)23)18(21)12-20-10-4-6-14-5-2-3-7-17(14)20/h2-3,5,7-9,11H,4,6,10,12H2,1H3,(H,22,23). The number of para-hydroxylation sites is 1. The van der Waals surface area contributed by atoms with Gasteiger partial charge in [0.15, 0.2) is 5.78 Å². The number of aryl methyl sites for hydroxylation is 2. The third-order valence-corrected chi connectivity index (χ3v) is 4.33. The smallest absolute Gasteiger partial charge is 0.335 e. The number of anilines is 1. The molecule has 0 amide bonds. The van der Waals surface area contributed by atoms with Gasteiger partial charge in [-0.3, -0.25) is 4.79 Å². The zero-order valence-corrected chi connectivity index (χ0v) is 13.1. The summed E-state index contributed by atoms with van der Waals surface area (Å²) in [5.41, 5.74) is 3.68. The van der Waals surface area contributed by atoms with Crippen molar-refractivity contribution in [2.75, 3.05) is 18.0 Å². The summed E-state index contributed by atoms with van der Waals surface area (Å²) in [4.78, 5) is 25.9. The molecule has 1 heterocycles. The van der Waals surface area contributed by atoms with Crippen molar-refractivity contribution >= 4 is 17.4 Å². The number of ketones is 1. The highest BCUT2D eigenvalue weighted by Crippen LogP contribution is 2.26. The van der Waals surface area contributed by atoms with E-state index in [1.807, 2.05) is 18.2 Å². The van der Waals surface area contributed by atoms with E-state index in [1.165, 1.54) is 11.6 Å². The van der Waals surface area contributed by atoms with Crippen LogP contribution in [-0.4, -0.2) is 29.9 Å². The van der Waals surface area contributed by atoms with Crippen LogP contribution >= 0.6 is 0 Å². The second-order valence-electron chi connectivity index (χ2n) is 5.91. The highest BCUT2D eigenvalue weighted by molar-refractivity contribution is 6.01. The van der Waals surface area contributed by atoms with E-state index in [1.54, 1.807) is 19.1 Å². The molecule has 0 saturated heterocycles. The molecule has 3 rings (SSSR count). The van der Waals surface area contributed by atoms with Crippen LogP contribution in [0.4, 0.5) is 5.69 Å². The number of carboxylic acids is 1. The van der Waals surface area contributed by atoms with Crippen LogP contribution in [0.2, 0.25) is 0 Å². The molecule has 0 unspecified atom stereocenters. The first-order valence-electron chi connectivity index (χ1n) is 7.76. The minimum atomic E-state index is -1.000. The predicted molar refractivity (Wildman–Crippen MR) is 89.4 cm³/mol. The van der Waals surface area contributed by atoms with Gasteiger partial charge in [0.05, 0.1) is 12.1 Å². The molecule has 0 aromatic heterocycles. The van der Waals surface area contributed by atoms with Gasteiger partial charge in [-0.25, -0.2) is 4.79 Å². The minimum absolute atomic E-state index is 0.0517. The van der Waals surface area contributed by atoms with Crippen LogP contribution in [0, 0.1) is 6.92 Å². The number of fused-ring (bicyclic) bond motifs is 1. The van der Waals surface area contributed by atoms with Gasteiger partial charge >= 0.3 is 5.97 Å². The van der Waals surface area contributed by atoms with Crippen molar-refractivity contribution in [2.24, 2.45) is 0 Å². The Bertz CT molecular complexity index is 767. The van der Waals surface area contributed by atoms with Crippen molar-refractivity contribution in [3.8, 4) is 0 Å². The molecule has 1 aliphatic heterocycles. The van der Waals surface area contributed by atoms with Gasteiger partial charge in [-0.15, -0.1) is 0 Å². The number of rotatable bonds is 4. The molecule has 2 aromatic rings. The molecule has 4 nitrogen and oxygen atoms in total. The molecular weight excluding hydrogens is 290 g/mol. The van der Waals surface area contributed by atoms with Gasteiger partial charge < -0.3 is 10.0 Å². The van der Waals surface area contributed by atoms with Crippen molar-refractivity contribution in [2.45, 2.75) is 19.8 Å². The molecule has 0 fully saturated rings. The van der Waals surface area contributed by atoms with Gasteiger partial charge in [-0.05, 0) is 43.0 Å². The number of aromatic carboxylic acids is 1. The number of carboxylic acid groups (broad SMARTS) is 1. The molecule has 23 heavy (non-hydrogen) atoms. The second-order valence-corrected chi connectivity index (χ2v) is 5.91. The van der Waals surface area contributed by atoms with E-state index in [9.17, 15) is 14.7 Å². The van der Waals surface area contributed by atoms with Gasteiger partial charge in [0.25, 0.3) is 0 Å². The molecule has 1 aliphatic rings. The Morgan fingerprint density at radius 3 is 2.74 bits per heavy atom. The van der Waals surface area contributed by atoms with E-state index in [-0.39, 0.29) is 17.9 Å². The summed E-state index contributed by atoms with van der Waals surface area (Å²) in [7, 11) is 0. The van der Waals surface area contributed by atoms with E-state index in [2.05, 4.69) is 11.0 Å². The van der Waals surface area contributed by atoms with Gasteiger partial charge in [-0.2, -0.15) is 0 Å². The van der Waals surface area contributed by atoms with Crippen molar-refractivity contribution in [1.29, 1.82) is 0 Å². The van der Waals surface area contributed by atoms with Crippen molar-refractivity contribution in [1.82, 2.24) is 0 Å². The second kappa shape index (κ2) is 6.24. The summed E-state index contributed by atoms with van der Waals surface area (Å²) in [6.07, 6.45) is 2.06. The molecule has 0 atom stereocenters. The number of carbonyl (C=O) groups excluding carboxylic acids is 1. The summed E-state index contributed by atoms with van der Waals surface area (Å²) in [5.74, 6) is -1.05. The Kier molecular flexibility index (Phi) is 4.15. The van der Waals surface area contributed by atoms with Crippen LogP contribution in [0.3, 0.4) is 0 Å². The lowest BCUT2D eigenvalue weighted by atomic mass is 9.99. The average molecular weight is 309 g/mol. The quantitative estimate of drug-likeness (QED) is 0.880. The Morgan fingerprint density at radius 1 is 1.17 bits per heavy atom. The minimum Gasteiger partial charge on any atom is -0.478 e. The summed E-state index contributed by atoms with van der Waals surface area (Å²) >= 11 is 0. The topological polar surface area (TPSA) is 57.6 Å². The van der Waals surface area contributed by atoms with Crippen molar-refractivity contribution in [3.05, 3.63) is 64.7 Å². The van der Waals surface area contributed by atoms with Crippen LogP contribution in [0.15, 0.2) is 42.5 Å². The van der Waals surface area contributed by atoms with Crippen LogP contribution in [-0.2, 0) is 6.42 Å². The van der Waals surface area contributed by atoms with E-state index in [0.717, 1.165) is 25.1 Å². The van der Waals surface area contributed by atoms with Crippen molar-refractivity contribution in [3.63, 3.8) is 0 Å². The molecule has 0 saturated carbocycles. The lowest BCUT2D eigenvalue weighted by molar-refractivity contribution is 0.0696. The third kappa shape index (κ3) is 3.11. The number of Topliss-reactive ketones (excluding diaryl/α,β-unsaturated/α-hetero) is 1. The molecule has 1 N–H and O–H groups in total. The fourth-order valence-corrected chi connectivity index (χ4v) is 3.07. The first-order valence-corrected chi connectivity index (χ1v) is 7.76. The predicted octanol–water partition coefficient (Wildman–Crippen LogP) is 3.33. The summed E-state index contributed by atoms with van der Waals surface area (Å²) in [6, 6.07) is 13.0. The maximum Gasteiger partial charge on any atom is 0.335 e. The van der Waals surface area contributed by atoms with Crippen LogP contribution in [0.1, 0.15) is 38.3 Å². The highest BCUT2D eigenvalue weighted by atomic mass is 16.4. The lowest BCUT2D eigenvalue weighted by Crippen LogP contribution is -2.34. The molecule has 0 aliphatic carbocycles. The van der Waals surface area contributed by atoms with Gasteiger partial charge in [0.1, 0.15) is 0 Å². The van der Waals surface area contributed by atoms with Gasteiger partial charge in [0.2, 0.25) is 0 Å². The number of benzene rings is 2. The molecule has 0 bridgehead atoms. The van der Waals surface area contributed by atoms with E-state index < -0.39 is 5.97 Å². The van der Waals surface area contributed by atoms with Crippen molar-refractivity contribution < 1.29 is 14.7 Å². The van der Waals surface area contributed by atoms with Crippen LogP contribution in [0.25, 0.3) is 0 Å². The molecule has 2 aromatic carbocycles. The largest absolute Gasteiger partial charge is 0.478 e. The zero-order valence-electron chi connectivity index (χ0n) is 13.1. The molecule has 0 spiro atoms.